The van der Waals surface area contributed by atoms with E-state index in [0.717, 1.165) is 16.5 Å². The van der Waals surface area contributed by atoms with E-state index in [1.807, 2.05) is 37.4 Å². The number of aromatic nitrogens is 1. The second-order valence-corrected chi connectivity index (χ2v) is 5.42. The van der Waals surface area contributed by atoms with Gasteiger partial charge in [-0.25, -0.2) is 0 Å². The third-order valence-electron chi connectivity index (χ3n) is 3.31. The van der Waals surface area contributed by atoms with Gasteiger partial charge in [0.15, 0.2) is 0 Å². The number of hydrogen-bond acceptors (Lipinski definition) is 1. The van der Waals surface area contributed by atoms with Gasteiger partial charge in [-0.15, -0.1) is 0 Å². The van der Waals surface area contributed by atoms with Crippen LogP contribution in [-0.4, -0.2) is 10.5 Å². The Balaban J connectivity index is 2.24. The Bertz CT molecular complexity index is 800. The van der Waals surface area contributed by atoms with Crippen molar-refractivity contribution in [2.24, 2.45) is 0 Å². The number of fused-ring (bicyclic) bond motifs is 1. The monoisotopic (exact) mass is 303 g/mol. The summed E-state index contributed by atoms with van der Waals surface area (Å²) in [6, 6.07) is 12.8. The van der Waals surface area contributed by atoms with Crippen LogP contribution in [0.1, 0.15) is 15.9 Å². The quantitative estimate of drug-likeness (QED) is 0.624. The van der Waals surface area contributed by atoms with Crippen LogP contribution in [0, 0.1) is 6.92 Å². The summed E-state index contributed by atoms with van der Waals surface area (Å²) in [7, 11) is 0. The molecule has 0 N–H and O–H groups in total. The molecule has 0 aliphatic heterocycles. The third kappa shape index (κ3) is 2.01. The predicted molar refractivity (Wildman–Crippen MR) is 82.9 cm³/mol. The number of carbonyl (C=O) groups is 1. The highest BCUT2D eigenvalue weighted by molar-refractivity contribution is 6.40. The van der Waals surface area contributed by atoms with Gasteiger partial charge >= 0.3 is 0 Å². The Morgan fingerprint density at radius 2 is 1.65 bits per heavy atom. The van der Waals surface area contributed by atoms with Crippen LogP contribution in [0.25, 0.3) is 10.9 Å². The van der Waals surface area contributed by atoms with E-state index in [1.54, 1.807) is 22.8 Å². The summed E-state index contributed by atoms with van der Waals surface area (Å²) in [6.45, 7) is 1.97. The molecule has 1 aromatic heterocycles. The molecule has 2 nitrogen and oxygen atoms in total. The van der Waals surface area contributed by atoms with Crippen LogP contribution >= 0.6 is 23.2 Å². The molecule has 0 radical (unpaired) electrons. The van der Waals surface area contributed by atoms with Gasteiger partial charge in [-0.2, -0.15) is 0 Å². The van der Waals surface area contributed by atoms with Crippen LogP contribution in [0.15, 0.2) is 48.7 Å². The zero-order chi connectivity index (χ0) is 14.3. The highest BCUT2D eigenvalue weighted by atomic mass is 35.5. The van der Waals surface area contributed by atoms with Crippen molar-refractivity contribution in [3.63, 3.8) is 0 Å². The molecule has 0 fully saturated rings. The summed E-state index contributed by atoms with van der Waals surface area (Å²) in [5.41, 5.74) is 2.22. The minimum atomic E-state index is -0.218. The first kappa shape index (κ1) is 13.2. The molecule has 3 aromatic rings. The van der Waals surface area contributed by atoms with Crippen LogP contribution in [0.2, 0.25) is 10.0 Å². The van der Waals surface area contributed by atoms with E-state index in [-0.39, 0.29) is 5.91 Å². The van der Waals surface area contributed by atoms with Crippen molar-refractivity contribution in [1.82, 2.24) is 4.57 Å². The van der Waals surface area contributed by atoms with E-state index in [4.69, 9.17) is 23.2 Å². The van der Waals surface area contributed by atoms with E-state index < -0.39 is 0 Å². The van der Waals surface area contributed by atoms with Crippen molar-refractivity contribution in [2.45, 2.75) is 6.92 Å². The topological polar surface area (TPSA) is 22.0 Å². The summed E-state index contributed by atoms with van der Waals surface area (Å²) in [5, 5.41) is 1.76. The zero-order valence-corrected chi connectivity index (χ0v) is 12.2. The SMILES string of the molecule is Cc1cn(C(=O)c2c(Cl)cccc2Cl)c2ccccc12. The third-order valence-corrected chi connectivity index (χ3v) is 3.94. The van der Waals surface area contributed by atoms with Crippen LogP contribution in [0.3, 0.4) is 0 Å². The maximum absolute atomic E-state index is 12.7. The largest absolute Gasteiger partial charge is 0.283 e. The van der Waals surface area contributed by atoms with E-state index in [0.29, 0.717) is 15.6 Å². The Morgan fingerprint density at radius 1 is 1.00 bits per heavy atom. The standard InChI is InChI=1S/C16H11Cl2NO/c1-10-9-19(14-8-3-2-5-11(10)14)16(20)15-12(17)6-4-7-13(15)18/h2-9H,1H3. The lowest BCUT2D eigenvalue weighted by molar-refractivity contribution is 0.0965. The molecule has 0 unspecified atom stereocenters. The number of nitrogens with zero attached hydrogens (tertiary/aromatic N) is 1. The molecule has 20 heavy (non-hydrogen) atoms. The molecule has 3 rings (SSSR count). The summed E-state index contributed by atoms with van der Waals surface area (Å²) < 4.78 is 1.59. The van der Waals surface area contributed by atoms with Gasteiger partial charge in [-0.05, 0) is 30.7 Å². The average Bonchev–Trinajstić information content (AvgIpc) is 2.76. The molecule has 0 bridgehead atoms. The first-order chi connectivity index (χ1) is 9.59. The minimum Gasteiger partial charge on any atom is -0.283 e. The number of aryl methyl sites for hydroxylation is 1. The van der Waals surface area contributed by atoms with Gasteiger partial charge in [-0.1, -0.05) is 47.5 Å². The zero-order valence-electron chi connectivity index (χ0n) is 10.7. The van der Waals surface area contributed by atoms with Gasteiger partial charge in [-0.3, -0.25) is 9.36 Å². The molecule has 0 spiro atoms. The van der Waals surface area contributed by atoms with Gasteiger partial charge in [0.05, 0.1) is 21.1 Å². The molecule has 2 aromatic carbocycles. The molecular formula is C16H11Cl2NO. The lowest BCUT2D eigenvalue weighted by atomic mass is 10.2. The van der Waals surface area contributed by atoms with Crippen molar-refractivity contribution in [3.8, 4) is 0 Å². The van der Waals surface area contributed by atoms with Gasteiger partial charge in [0, 0.05) is 11.6 Å². The van der Waals surface area contributed by atoms with Crippen molar-refractivity contribution < 1.29 is 4.79 Å². The first-order valence-electron chi connectivity index (χ1n) is 6.15. The number of carbonyl (C=O) groups excluding carboxylic acids is 1. The van der Waals surface area contributed by atoms with E-state index in [9.17, 15) is 4.79 Å². The van der Waals surface area contributed by atoms with Gasteiger partial charge in [0.1, 0.15) is 0 Å². The van der Waals surface area contributed by atoms with Crippen molar-refractivity contribution in [2.75, 3.05) is 0 Å². The molecule has 0 aliphatic rings. The summed E-state index contributed by atoms with van der Waals surface area (Å²) in [5.74, 6) is -0.218. The van der Waals surface area contributed by atoms with Gasteiger partial charge in [0.2, 0.25) is 0 Å². The number of para-hydroxylation sites is 1. The summed E-state index contributed by atoms with van der Waals surface area (Å²) in [4.78, 5) is 12.7. The number of rotatable bonds is 1. The predicted octanol–water partition coefficient (Wildman–Crippen LogP) is 4.95. The first-order valence-corrected chi connectivity index (χ1v) is 6.90. The second kappa shape index (κ2) is 4.97. The normalized spacial score (nSPS) is 10.9. The van der Waals surface area contributed by atoms with Crippen LogP contribution < -0.4 is 0 Å². The molecule has 0 aliphatic carbocycles. The Labute approximate surface area is 126 Å². The number of benzene rings is 2. The van der Waals surface area contributed by atoms with Crippen molar-refractivity contribution in [3.05, 3.63) is 69.8 Å². The Morgan fingerprint density at radius 3 is 2.35 bits per heavy atom. The lowest BCUT2D eigenvalue weighted by Crippen LogP contribution is -2.12. The van der Waals surface area contributed by atoms with Crippen LogP contribution in [0.5, 0.6) is 0 Å². The fraction of sp³-hybridized carbons (Fsp3) is 0.0625. The van der Waals surface area contributed by atoms with E-state index in [2.05, 4.69) is 0 Å². The lowest BCUT2D eigenvalue weighted by Gasteiger charge is -2.07. The molecule has 1 heterocycles. The molecular weight excluding hydrogens is 293 g/mol. The highest BCUT2D eigenvalue weighted by Crippen LogP contribution is 2.28. The van der Waals surface area contributed by atoms with E-state index in [1.165, 1.54) is 0 Å². The maximum atomic E-state index is 12.7. The Hall–Kier alpha value is -1.77. The molecule has 4 heteroatoms. The van der Waals surface area contributed by atoms with Crippen molar-refractivity contribution in [1.29, 1.82) is 0 Å². The maximum Gasteiger partial charge on any atom is 0.265 e. The minimum absolute atomic E-state index is 0.218. The number of hydrogen-bond donors (Lipinski definition) is 0. The Kier molecular flexibility index (Phi) is 3.28. The molecule has 0 saturated carbocycles. The fourth-order valence-electron chi connectivity index (χ4n) is 2.34. The van der Waals surface area contributed by atoms with Gasteiger partial charge < -0.3 is 0 Å². The summed E-state index contributed by atoms with van der Waals surface area (Å²) in [6.07, 6.45) is 1.81. The fourth-order valence-corrected chi connectivity index (χ4v) is 2.90. The molecule has 100 valence electrons. The van der Waals surface area contributed by atoms with Gasteiger partial charge in [0.25, 0.3) is 5.91 Å². The molecule has 0 saturated heterocycles. The summed E-state index contributed by atoms with van der Waals surface area (Å²) >= 11 is 12.2. The van der Waals surface area contributed by atoms with Crippen molar-refractivity contribution >= 4 is 40.0 Å². The van der Waals surface area contributed by atoms with Crippen LogP contribution in [-0.2, 0) is 0 Å². The molecule has 0 amide bonds. The highest BCUT2D eigenvalue weighted by Gasteiger charge is 2.18. The van der Waals surface area contributed by atoms with Crippen LogP contribution in [0.4, 0.5) is 0 Å². The van der Waals surface area contributed by atoms with E-state index >= 15 is 0 Å². The second-order valence-electron chi connectivity index (χ2n) is 4.60. The molecule has 0 atom stereocenters. The number of halogens is 2. The smallest absolute Gasteiger partial charge is 0.265 e. The average molecular weight is 304 g/mol.